The van der Waals surface area contributed by atoms with Gasteiger partial charge in [-0.15, -0.1) is 0 Å². The maximum atomic E-state index is 12.3. The SMILES string of the molecule is CCCN(Cc1cc(N)ccc1N(C)C)C(=O)C(C)C. The van der Waals surface area contributed by atoms with Gasteiger partial charge in [-0.25, -0.2) is 0 Å². The molecule has 0 atom stereocenters. The van der Waals surface area contributed by atoms with Gasteiger partial charge in [0.25, 0.3) is 0 Å². The van der Waals surface area contributed by atoms with Gasteiger partial charge in [0, 0.05) is 44.5 Å². The van der Waals surface area contributed by atoms with E-state index in [1.807, 2.05) is 51.0 Å². The third-order valence-electron chi connectivity index (χ3n) is 3.25. The molecule has 0 saturated heterocycles. The molecule has 112 valence electrons. The zero-order valence-electron chi connectivity index (χ0n) is 13.3. The van der Waals surface area contributed by atoms with Crippen molar-refractivity contribution in [3.8, 4) is 0 Å². The van der Waals surface area contributed by atoms with Gasteiger partial charge >= 0.3 is 0 Å². The van der Waals surface area contributed by atoms with Crippen molar-refractivity contribution < 1.29 is 4.79 Å². The van der Waals surface area contributed by atoms with Gasteiger partial charge in [0.15, 0.2) is 0 Å². The minimum absolute atomic E-state index is 0.0189. The minimum atomic E-state index is 0.0189. The maximum absolute atomic E-state index is 12.3. The Morgan fingerprint density at radius 2 is 1.95 bits per heavy atom. The summed E-state index contributed by atoms with van der Waals surface area (Å²) >= 11 is 0. The molecule has 1 rings (SSSR count). The molecule has 4 heteroatoms. The van der Waals surface area contributed by atoms with E-state index in [2.05, 4.69) is 11.8 Å². The molecule has 0 radical (unpaired) electrons. The molecule has 2 N–H and O–H groups in total. The van der Waals surface area contributed by atoms with Gasteiger partial charge in [-0.3, -0.25) is 4.79 Å². The molecule has 0 aliphatic heterocycles. The van der Waals surface area contributed by atoms with Crippen molar-refractivity contribution in [1.29, 1.82) is 0 Å². The number of carbonyl (C=O) groups excluding carboxylic acids is 1. The Kier molecular flexibility index (Phi) is 5.86. The lowest BCUT2D eigenvalue weighted by molar-refractivity contribution is -0.135. The normalized spacial score (nSPS) is 10.7. The van der Waals surface area contributed by atoms with Gasteiger partial charge in [-0.1, -0.05) is 20.8 Å². The molecule has 1 amide bonds. The van der Waals surface area contributed by atoms with Crippen molar-refractivity contribution in [3.05, 3.63) is 23.8 Å². The second-order valence-electron chi connectivity index (χ2n) is 5.70. The molecule has 1 aromatic rings. The fraction of sp³-hybridized carbons (Fsp3) is 0.562. The highest BCUT2D eigenvalue weighted by Crippen LogP contribution is 2.23. The van der Waals surface area contributed by atoms with E-state index < -0.39 is 0 Å². The summed E-state index contributed by atoms with van der Waals surface area (Å²) < 4.78 is 0. The van der Waals surface area contributed by atoms with E-state index in [9.17, 15) is 4.79 Å². The van der Waals surface area contributed by atoms with Crippen LogP contribution in [0.5, 0.6) is 0 Å². The van der Waals surface area contributed by atoms with Crippen LogP contribution < -0.4 is 10.6 Å². The van der Waals surface area contributed by atoms with Crippen LogP contribution in [0.3, 0.4) is 0 Å². The van der Waals surface area contributed by atoms with E-state index in [0.29, 0.717) is 6.54 Å². The van der Waals surface area contributed by atoms with Crippen LogP contribution in [0.25, 0.3) is 0 Å². The summed E-state index contributed by atoms with van der Waals surface area (Å²) in [6.45, 7) is 7.36. The van der Waals surface area contributed by atoms with Crippen molar-refractivity contribution in [1.82, 2.24) is 4.90 Å². The fourth-order valence-electron chi connectivity index (χ4n) is 2.28. The smallest absolute Gasteiger partial charge is 0.225 e. The van der Waals surface area contributed by atoms with Crippen LogP contribution in [0.15, 0.2) is 18.2 Å². The van der Waals surface area contributed by atoms with Gasteiger partial charge < -0.3 is 15.5 Å². The Balaban J connectivity index is 3.04. The fourth-order valence-corrected chi connectivity index (χ4v) is 2.28. The molecule has 0 spiro atoms. The summed E-state index contributed by atoms with van der Waals surface area (Å²) in [5.74, 6) is 0.212. The summed E-state index contributed by atoms with van der Waals surface area (Å²) in [7, 11) is 4.01. The predicted molar refractivity (Wildman–Crippen MR) is 85.7 cm³/mol. The summed E-state index contributed by atoms with van der Waals surface area (Å²) in [6.07, 6.45) is 0.956. The average Bonchev–Trinajstić information content (AvgIpc) is 2.37. The highest BCUT2D eigenvalue weighted by atomic mass is 16.2. The third kappa shape index (κ3) is 4.15. The standard InChI is InChI=1S/C16H27N3O/c1-6-9-19(16(20)12(2)3)11-13-10-14(17)7-8-15(13)18(4)5/h7-8,10,12H,6,9,11,17H2,1-5H3. The van der Waals surface area contributed by atoms with E-state index in [1.54, 1.807) is 0 Å². The Bertz CT molecular complexity index is 455. The highest BCUT2D eigenvalue weighted by molar-refractivity contribution is 5.78. The molecule has 0 aliphatic rings. The minimum Gasteiger partial charge on any atom is -0.399 e. The first kappa shape index (κ1) is 16.3. The second-order valence-corrected chi connectivity index (χ2v) is 5.70. The van der Waals surface area contributed by atoms with Gasteiger partial charge in [0.2, 0.25) is 5.91 Å². The number of benzene rings is 1. The Morgan fingerprint density at radius 1 is 1.30 bits per heavy atom. The number of nitrogens with zero attached hydrogens (tertiary/aromatic N) is 2. The molecule has 0 heterocycles. The monoisotopic (exact) mass is 277 g/mol. The van der Waals surface area contributed by atoms with Crippen LogP contribution in [0, 0.1) is 5.92 Å². The molecule has 20 heavy (non-hydrogen) atoms. The number of carbonyl (C=O) groups is 1. The van der Waals surface area contributed by atoms with Crippen LogP contribution in [-0.2, 0) is 11.3 Å². The molecule has 0 fully saturated rings. The second kappa shape index (κ2) is 7.17. The first-order chi connectivity index (χ1) is 9.36. The number of amides is 1. The van der Waals surface area contributed by atoms with Crippen molar-refractivity contribution in [3.63, 3.8) is 0 Å². The van der Waals surface area contributed by atoms with Gasteiger partial charge in [0.05, 0.1) is 0 Å². The van der Waals surface area contributed by atoms with Gasteiger partial charge in [-0.2, -0.15) is 0 Å². The molecule has 1 aromatic carbocycles. The van der Waals surface area contributed by atoms with E-state index in [0.717, 1.165) is 29.9 Å². The van der Waals surface area contributed by atoms with Gasteiger partial charge in [0.1, 0.15) is 0 Å². The molecular weight excluding hydrogens is 250 g/mol. The van der Waals surface area contributed by atoms with Gasteiger partial charge in [-0.05, 0) is 30.2 Å². The van der Waals surface area contributed by atoms with Crippen LogP contribution in [0.1, 0.15) is 32.8 Å². The molecule has 0 bridgehead atoms. The van der Waals surface area contributed by atoms with Crippen LogP contribution in [0.4, 0.5) is 11.4 Å². The van der Waals surface area contributed by atoms with E-state index in [-0.39, 0.29) is 11.8 Å². The number of nitrogens with two attached hydrogens (primary N) is 1. The topological polar surface area (TPSA) is 49.6 Å². The van der Waals surface area contributed by atoms with Crippen LogP contribution >= 0.6 is 0 Å². The maximum Gasteiger partial charge on any atom is 0.225 e. The number of anilines is 2. The average molecular weight is 277 g/mol. The molecule has 0 aliphatic carbocycles. The number of rotatable bonds is 6. The zero-order valence-corrected chi connectivity index (χ0v) is 13.3. The first-order valence-corrected chi connectivity index (χ1v) is 7.21. The van der Waals surface area contributed by atoms with E-state index >= 15 is 0 Å². The number of hydrogen-bond acceptors (Lipinski definition) is 3. The largest absolute Gasteiger partial charge is 0.399 e. The lowest BCUT2D eigenvalue weighted by Crippen LogP contribution is -2.34. The number of hydrogen-bond donors (Lipinski definition) is 1. The third-order valence-corrected chi connectivity index (χ3v) is 3.25. The quantitative estimate of drug-likeness (QED) is 0.813. The first-order valence-electron chi connectivity index (χ1n) is 7.21. The molecular formula is C16H27N3O. The Hall–Kier alpha value is -1.71. The summed E-state index contributed by atoms with van der Waals surface area (Å²) in [4.78, 5) is 16.3. The van der Waals surface area contributed by atoms with Crippen LogP contribution in [-0.4, -0.2) is 31.4 Å². The predicted octanol–water partition coefficient (Wildman–Crippen LogP) is 2.73. The lowest BCUT2D eigenvalue weighted by atomic mass is 10.1. The van der Waals surface area contributed by atoms with Crippen molar-refractivity contribution in [2.24, 2.45) is 5.92 Å². The van der Waals surface area contributed by atoms with Crippen molar-refractivity contribution in [2.75, 3.05) is 31.3 Å². The molecule has 0 saturated carbocycles. The number of nitrogen functional groups attached to an aromatic ring is 1. The highest BCUT2D eigenvalue weighted by Gasteiger charge is 2.18. The molecule has 0 unspecified atom stereocenters. The van der Waals surface area contributed by atoms with Crippen molar-refractivity contribution in [2.45, 2.75) is 33.7 Å². The molecule has 0 aromatic heterocycles. The Morgan fingerprint density at radius 3 is 2.45 bits per heavy atom. The zero-order chi connectivity index (χ0) is 15.3. The Labute approximate surface area is 122 Å². The lowest BCUT2D eigenvalue weighted by Gasteiger charge is -2.27. The summed E-state index contributed by atoms with van der Waals surface area (Å²) in [5.41, 5.74) is 8.83. The summed E-state index contributed by atoms with van der Waals surface area (Å²) in [5, 5.41) is 0. The molecule has 4 nitrogen and oxygen atoms in total. The van der Waals surface area contributed by atoms with Crippen LogP contribution in [0.2, 0.25) is 0 Å². The summed E-state index contributed by atoms with van der Waals surface area (Å²) in [6, 6.07) is 5.87. The van der Waals surface area contributed by atoms with E-state index in [1.165, 1.54) is 0 Å². The van der Waals surface area contributed by atoms with Crippen molar-refractivity contribution >= 4 is 17.3 Å². The van der Waals surface area contributed by atoms with E-state index in [4.69, 9.17) is 5.73 Å².